The summed E-state index contributed by atoms with van der Waals surface area (Å²) in [6.07, 6.45) is 4.52. The number of carbonyl (C=O) groups excluding carboxylic acids is 1. The summed E-state index contributed by atoms with van der Waals surface area (Å²) >= 11 is 5.74. The van der Waals surface area contributed by atoms with E-state index in [0.717, 1.165) is 0 Å². The van der Waals surface area contributed by atoms with E-state index in [4.69, 9.17) is 16.3 Å². The molecular formula is C12H10ClN3O2. The molecule has 2 aromatic heterocycles. The van der Waals surface area contributed by atoms with Crippen LogP contribution in [0.15, 0.2) is 36.8 Å². The van der Waals surface area contributed by atoms with Crippen LogP contribution in [0.1, 0.15) is 10.4 Å². The number of hydrogen-bond donors (Lipinski definition) is 1. The zero-order valence-electron chi connectivity index (χ0n) is 9.55. The van der Waals surface area contributed by atoms with Gasteiger partial charge in [-0.25, -0.2) is 4.98 Å². The number of ether oxygens (including phenoxy) is 1. The highest BCUT2D eigenvalue weighted by atomic mass is 35.5. The van der Waals surface area contributed by atoms with Gasteiger partial charge in [0.05, 0.1) is 18.9 Å². The molecule has 2 aromatic rings. The molecule has 2 heterocycles. The first kappa shape index (κ1) is 12.3. The molecular weight excluding hydrogens is 254 g/mol. The number of aromatic nitrogens is 2. The Morgan fingerprint density at radius 1 is 1.39 bits per heavy atom. The minimum Gasteiger partial charge on any atom is -0.494 e. The number of pyridine rings is 2. The highest BCUT2D eigenvalue weighted by molar-refractivity contribution is 6.29. The van der Waals surface area contributed by atoms with Crippen molar-refractivity contribution in [1.82, 2.24) is 9.97 Å². The van der Waals surface area contributed by atoms with Gasteiger partial charge in [-0.15, -0.1) is 0 Å². The third-order valence-corrected chi connectivity index (χ3v) is 2.44. The number of rotatable bonds is 3. The molecule has 0 spiro atoms. The Balaban J connectivity index is 2.22. The molecule has 1 amide bonds. The average molecular weight is 264 g/mol. The van der Waals surface area contributed by atoms with Crippen LogP contribution in [-0.4, -0.2) is 23.0 Å². The van der Waals surface area contributed by atoms with Gasteiger partial charge in [0.25, 0.3) is 5.91 Å². The van der Waals surface area contributed by atoms with Crippen molar-refractivity contribution < 1.29 is 9.53 Å². The van der Waals surface area contributed by atoms with E-state index >= 15 is 0 Å². The van der Waals surface area contributed by atoms with E-state index in [1.54, 1.807) is 18.2 Å². The number of amides is 1. The van der Waals surface area contributed by atoms with Gasteiger partial charge in [-0.3, -0.25) is 9.78 Å². The predicted molar refractivity (Wildman–Crippen MR) is 68.0 cm³/mol. The van der Waals surface area contributed by atoms with Crippen molar-refractivity contribution in [2.24, 2.45) is 0 Å². The minimum atomic E-state index is -0.295. The van der Waals surface area contributed by atoms with Crippen molar-refractivity contribution in [2.45, 2.75) is 0 Å². The molecule has 1 N–H and O–H groups in total. The fraction of sp³-hybridized carbons (Fsp3) is 0.0833. The molecule has 0 saturated heterocycles. The molecule has 0 radical (unpaired) electrons. The molecule has 0 fully saturated rings. The largest absolute Gasteiger partial charge is 0.494 e. The van der Waals surface area contributed by atoms with E-state index in [-0.39, 0.29) is 5.91 Å². The summed E-state index contributed by atoms with van der Waals surface area (Å²) < 4.78 is 5.07. The number of hydrogen-bond acceptors (Lipinski definition) is 4. The summed E-state index contributed by atoms with van der Waals surface area (Å²) in [7, 11) is 1.48. The van der Waals surface area contributed by atoms with E-state index in [9.17, 15) is 4.79 Å². The Kier molecular flexibility index (Phi) is 3.74. The Hall–Kier alpha value is -2.14. The van der Waals surface area contributed by atoms with Crippen LogP contribution in [-0.2, 0) is 0 Å². The third kappa shape index (κ3) is 2.75. The number of anilines is 1. The topological polar surface area (TPSA) is 64.1 Å². The lowest BCUT2D eigenvalue weighted by molar-refractivity contribution is 0.102. The van der Waals surface area contributed by atoms with E-state index in [2.05, 4.69) is 15.3 Å². The lowest BCUT2D eigenvalue weighted by Crippen LogP contribution is -2.13. The van der Waals surface area contributed by atoms with Crippen LogP contribution in [0.2, 0.25) is 5.15 Å². The van der Waals surface area contributed by atoms with Gasteiger partial charge in [0.1, 0.15) is 10.9 Å². The number of methoxy groups -OCH3 is 1. The SMILES string of the molecule is COc1cnccc1C(=O)Nc1ccnc(Cl)c1. The monoisotopic (exact) mass is 263 g/mol. The van der Waals surface area contributed by atoms with Crippen LogP contribution in [0.4, 0.5) is 5.69 Å². The van der Waals surface area contributed by atoms with Crippen molar-refractivity contribution in [1.29, 1.82) is 0 Å². The van der Waals surface area contributed by atoms with Crippen LogP contribution >= 0.6 is 11.6 Å². The van der Waals surface area contributed by atoms with E-state index in [1.165, 1.54) is 25.7 Å². The molecule has 5 nitrogen and oxygen atoms in total. The zero-order chi connectivity index (χ0) is 13.0. The van der Waals surface area contributed by atoms with Crippen molar-refractivity contribution in [3.63, 3.8) is 0 Å². The summed E-state index contributed by atoms with van der Waals surface area (Å²) in [6, 6.07) is 4.79. The molecule has 18 heavy (non-hydrogen) atoms. The highest BCUT2D eigenvalue weighted by Crippen LogP contribution is 2.18. The first-order chi connectivity index (χ1) is 8.70. The zero-order valence-corrected chi connectivity index (χ0v) is 10.3. The van der Waals surface area contributed by atoms with Crippen molar-refractivity contribution in [3.05, 3.63) is 47.5 Å². The van der Waals surface area contributed by atoms with Crippen molar-refractivity contribution in [2.75, 3.05) is 12.4 Å². The first-order valence-electron chi connectivity index (χ1n) is 5.11. The summed E-state index contributed by atoms with van der Waals surface area (Å²) in [5, 5.41) is 3.02. The van der Waals surface area contributed by atoms with Gasteiger partial charge in [-0.1, -0.05) is 11.6 Å². The molecule has 6 heteroatoms. The second kappa shape index (κ2) is 5.46. The quantitative estimate of drug-likeness (QED) is 0.864. The maximum Gasteiger partial charge on any atom is 0.259 e. The van der Waals surface area contributed by atoms with Crippen LogP contribution in [0, 0.1) is 0 Å². The second-order valence-corrected chi connectivity index (χ2v) is 3.78. The van der Waals surface area contributed by atoms with Crippen LogP contribution < -0.4 is 10.1 Å². The summed E-state index contributed by atoms with van der Waals surface area (Å²) in [5.74, 6) is 0.117. The molecule has 2 rings (SSSR count). The fourth-order valence-electron chi connectivity index (χ4n) is 1.41. The summed E-state index contributed by atoms with van der Waals surface area (Å²) in [6.45, 7) is 0. The van der Waals surface area contributed by atoms with E-state index < -0.39 is 0 Å². The number of nitrogens with zero attached hydrogens (tertiary/aromatic N) is 2. The van der Waals surface area contributed by atoms with Gasteiger partial charge in [0.15, 0.2) is 0 Å². The van der Waals surface area contributed by atoms with E-state index in [1.807, 2.05) is 0 Å². The smallest absolute Gasteiger partial charge is 0.259 e. The third-order valence-electron chi connectivity index (χ3n) is 2.23. The fourth-order valence-corrected chi connectivity index (χ4v) is 1.58. The normalized spacial score (nSPS) is 9.89. The van der Waals surface area contributed by atoms with Gasteiger partial charge >= 0.3 is 0 Å². The molecule has 0 aliphatic heterocycles. The van der Waals surface area contributed by atoms with Gasteiger partial charge in [0.2, 0.25) is 0 Å². The maximum absolute atomic E-state index is 12.0. The van der Waals surface area contributed by atoms with Crippen molar-refractivity contribution in [3.8, 4) is 5.75 Å². The molecule has 0 aliphatic carbocycles. The van der Waals surface area contributed by atoms with Crippen LogP contribution in [0.3, 0.4) is 0 Å². The molecule has 0 unspecified atom stereocenters. The Bertz CT molecular complexity index is 575. The number of nitrogens with one attached hydrogen (secondary N) is 1. The Morgan fingerprint density at radius 3 is 2.94 bits per heavy atom. The van der Waals surface area contributed by atoms with Crippen molar-refractivity contribution >= 4 is 23.2 Å². The number of halogens is 1. The molecule has 0 bridgehead atoms. The Labute approximate surface area is 109 Å². The van der Waals surface area contributed by atoms with Gasteiger partial charge in [-0.2, -0.15) is 0 Å². The molecule has 0 saturated carbocycles. The molecule has 92 valence electrons. The van der Waals surface area contributed by atoms with Gasteiger partial charge in [0, 0.05) is 18.1 Å². The lowest BCUT2D eigenvalue weighted by Gasteiger charge is -2.08. The standard InChI is InChI=1S/C12H10ClN3O2/c1-18-10-7-14-4-3-9(10)12(17)16-8-2-5-15-11(13)6-8/h2-7H,1H3,(H,15,16,17). The highest BCUT2D eigenvalue weighted by Gasteiger charge is 2.12. The maximum atomic E-state index is 12.0. The number of carbonyl (C=O) groups is 1. The summed E-state index contributed by atoms with van der Waals surface area (Å²) in [4.78, 5) is 19.7. The van der Waals surface area contributed by atoms with Crippen LogP contribution in [0.25, 0.3) is 0 Å². The van der Waals surface area contributed by atoms with Crippen LogP contribution in [0.5, 0.6) is 5.75 Å². The molecule has 0 atom stereocenters. The average Bonchev–Trinajstić information content (AvgIpc) is 2.38. The molecule has 0 aromatic carbocycles. The minimum absolute atomic E-state index is 0.295. The Morgan fingerprint density at radius 2 is 2.22 bits per heavy atom. The second-order valence-electron chi connectivity index (χ2n) is 3.40. The predicted octanol–water partition coefficient (Wildman–Crippen LogP) is 2.39. The van der Waals surface area contributed by atoms with Gasteiger partial charge < -0.3 is 10.1 Å². The lowest BCUT2D eigenvalue weighted by atomic mass is 10.2. The van der Waals surface area contributed by atoms with E-state index in [0.29, 0.717) is 22.2 Å². The first-order valence-corrected chi connectivity index (χ1v) is 5.49. The summed E-state index contributed by atoms with van der Waals surface area (Å²) in [5.41, 5.74) is 0.972. The molecule has 0 aliphatic rings. The van der Waals surface area contributed by atoms with Gasteiger partial charge in [-0.05, 0) is 18.2 Å².